The second-order valence-electron chi connectivity index (χ2n) is 13.3. The van der Waals surface area contributed by atoms with Gasteiger partial charge in [-0.1, -0.05) is 80.3 Å². The van der Waals surface area contributed by atoms with Crippen LogP contribution in [0.3, 0.4) is 0 Å². The van der Waals surface area contributed by atoms with E-state index in [9.17, 15) is 14.7 Å². The number of carbonyl (C=O) groups excluding carboxylic acids is 2. The summed E-state index contributed by atoms with van der Waals surface area (Å²) >= 11 is 0. The number of aliphatic hydroxyl groups is 1. The van der Waals surface area contributed by atoms with E-state index >= 15 is 0 Å². The largest absolute Gasteiger partial charge is 0.397 e. The maximum atomic E-state index is 12.7. The molecule has 1 saturated heterocycles. The van der Waals surface area contributed by atoms with E-state index in [-0.39, 0.29) is 30.6 Å². The fourth-order valence-electron chi connectivity index (χ4n) is 6.80. The molecule has 0 bridgehead atoms. The van der Waals surface area contributed by atoms with Crippen LogP contribution in [0.25, 0.3) is 0 Å². The van der Waals surface area contributed by atoms with E-state index in [4.69, 9.17) is 15.2 Å². The Morgan fingerprint density at radius 3 is 2.16 bits per heavy atom. The van der Waals surface area contributed by atoms with E-state index in [1.165, 1.54) is 25.7 Å². The number of aliphatic hydroxyl groups excluding tert-OH is 1. The quantitative estimate of drug-likeness (QED) is 0.0661. The van der Waals surface area contributed by atoms with E-state index < -0.39 is 6.29 Å². The van der Waals surface area contributed by atoms with Gasteiger partial charge in [0, 0.05) is 49.6 Å². The van der Waals surface area contributed by atoms with Gasteiger partial charge in [0.05, 0.1) is 30.2 Å². The van der Waals surface area contributed by atoms with Crippen molar-refractivity contribution in [2.75, 3.05) is 29.5 Å². The van der Waals surface area contributed by atoms with Gasteiger partial charge in [0.1, 0.15) is 0 Å². The standard InChI is InChI=1S/C40H52N4O5/c1-2-25-44(33-11-7-8-12-33)27-34-26-37(30-19-17-29(28-45)18-20-30)49-40(48-34)31-21-23-32(24-22-31)42-38(46)15-5-3-4-6-16-39(47)43-36-14-10-9-13-35(36)41/h2,9-10,13-14,17-24,33-34,37,40,45H,1,3-8,11-12,15-16,25-28,41H2,(H,42,46)(H,43,47). The number of nitrogens with one attached hydrogen (secondary N) is 2. The average Bonchev–Trinajstić information content (AvgIpc) is 3.66. The summed E-state index contributed by atoms with van der Waals surface area (Å²) in [5, 5.41) is 15.4. The topological polar surface area (TPSA) is 126 Å². The Bertz CT molecular complexity index is 1490. The minimum Gasteiger partial charge on any atom is -0.397 e. The molecule has 0 radical (unpaired) electrons. The van der Waals surface area contributed by atoms with Crippen LogP contribution in [0.1, 0.15) is 99.7 Å². The van der Waals surface area contributed by atoms with Gasteiger partial charge in [-0.15, -0.1) is 6.58 Å². The van der Waals surface area contributed by atoms with Crippen molar-refractivity contribution in [3.8, 4) is 0 Å². The maximum absolute atomic E-state index is 12.7. The first-order valence-corrected chi connectivity index (χ1v) is 17.8. The van der Waals surface area contributed by atoms with Crippen LogP contribution in [0, 0.1) is 0 Å². The Hall–Kier alpha value is -4.02. The molecular weight excluding hydrogens is 616 g/mol. The van der Waals surface area contributed by atoms with E-state index in [1.54, 1.807) is 12.1 Å². The molecule has 262 valence electrons. The average molecular weight is 669 g/mol. The van der Waals surface area contributed by atoms with E-state index in [2.05, 4.69) is 22.1 Å². The molecule has 3 aromatic carbocycles. The highest BCUT2D eigenvalue weighted by atomic mass is 16.7. The van der Waals surface area contributed by atoms with Crippen molar-refractivity contribution in [2.45, 2.75) is 102 Å². The Balaban J connectivity index is 1.10. The Kier molecular flexibility index (Phi) is 13.8. The van der Waals surface area contributed by atoms with Crippen LogP contribution in [0.2, 0.25) is 0 Å². The number of carbonyl (C=O) groups is 2. The Labute approximate surface area is 290 Å². The van der Waals surface area contributed by atoms with E-state index in [1.807, 2.05) is 66.7 Å². The van der Waals surface area contributed by atoms with Gasteiger partial charge in [0.15, 0.2) is 6.29 Å². The van der Waals surface area contributed by atoms with Crippen molar-refractivity contribution >= 4 is 28.9 Å². The van der Waals surface area contributed by atoms with Crippen LogP contribution in [0.15, 0.2) is 85.5 Å². The molecule has 9 heteroatoms. The number of ether oxygens (including phenoxy) is 2. The Morgan fingerprint density at radius 2 is 1.51 bits per heavy atom. The fourth-order valence-corrected chi connectivity index (χ4v) is 6.80. The van der Waals surface area contributed by atoms with Gasteiger partial charge in [-0.25, -0.2) is 0 Å². The molecule has 2 amide bonds. The third-order valence-corrected chi connectivity index (χ3v) is 9.52. The number of nitrogens with two attached hydrogens (primary N) is 1. The van der Waals surface area contributed by atoms with Crippen LogP contribution in [0.4, 0.5) is 17.1 Å². The minimum absolute atomic E-state index is 0.00710. The molecule has 1 heterocycles. The summed E-state index contributed by atoms with van der Waals surface area (Å²) in [5.41, 5.74) is 10.6. The molecule has 9 nitrogen and oxygen atoms in total. The molecular formula is C40H52N4O5. The SMILES string of the molecule is C=CCN(CC1CC(c2ccc(CO)cc2)OC(c2ccc(NC(=O)CCCCCCC(=O)Nc3ccccc3N)cc2)O1)C1CCCC1. The third-order valence-electron chi connectivity index (χ3n) is 9.52. The van der Waals surface area contributed by atoms with Crippen molar-refractivity contribution < 1.29 is 24.2 Å². The monoisotopic (exact) mass is 668 g/mol. The van der Waals surface area contributed by atoms with Gasteiger partial charge in [-0.2, -0.15) is 0 Å². The summed E-state index contributed by atoms with van der Waals surface area (Å²) in [6, 6.07) is 23.5. The molecule has 49 heavy (non-hydrogen) atoms. The molecule has 2 aliphatic rings. The fraction of sp³-hybridized carbons (Fsp3) is 0.450. The second-order valence-corrected chi connectivity index (χ2v) is 13.3. The third kappa shape index (κ3) is 11.0. The van der Waals surface area contributed by atoms with E-state index in [0.29, 0.717) is 30.3 Å². The molecule has 3 aromatic rings. The first kappa shape index (κ1) is 36.3. The molecule has 3 unspecified atom stereocenters. The number of nitrogens with zero attached hydrogens (tertiary/aromatic N) is 1. The summed E-state index contributed by atoms with van der Waals surface area (Å²) in [6.45, 7) is 5.66. The molecule has 5 rings (SSSR count). The maximum Gasteiger partial charge on any atom is 0.224 e. The number of rotatable bonds is 17. The smallest absolute Gasteiger partial charge is 0.224 e. The molecule has 5 N–H and O–H groups in total. The van der Waals surface area contributed by atoms with Crippen LogP contribution < -0.4 is 16.4 Å². The number of unbranched alkanes of at least 4 members (excludes halogenated alkanes) is 3. The van der Waals surface area contributed by atoms with Crippen LogP contribution in [-0.2, 0) is 25.7 Å². The molecule has 2 fully saturated rings. The first-order valence-electron chi connectivity index (χ1n) is 17.8. The first-order chi connectivity index (χ1) is 23.9. The van der Waals surface area contributed by atoms with Gasteiger partial charge in [0.2, 0.25) is 11.8 Å². The normalized spacial score (nSPS) is 19.5. The molecule has 1 aliphatic carbocycles. The van der Waals surface area contributed by atoms with Gasteiger partial charge in [-0.3, -0.25) is 14.5 Å². The van der Waals surface area contributed by atoms with Crippen LogP contribution >= 0.6 is 0 Å². The highest BCUT2D eigenvalue weighted by molar-refractivity contribution is 5.93. The van der Waals surface area contributed by atoms with Crippen molar-refractivity contribution in [1.82, 2.24) is 4.90 Å². The van der Waals surface area contributed by atoms with E-state index in [0.717, 1.165) is 67.6 Å². The number of para-hydroxylation sites is 2. The van der Waals surface area contributed by atoms with Crippen LogP contribution in [0.5, 0.6) is 0 Å². The number of hydrogen-bond acceptors (Lipinski definition) is 7. The number of nitrogen functional groups attached to an aromatic ring is 1. The van der Waals surface area contributed by atoms with Crippen molar-refractivity contribution in [3.05, 3.63) is 102 Å². The summed E-state index contributed by atoms with van der Waals surface area (Å²) in [7, 11) is 0. The molecule has 3 atom stereocenters. The van der Waals surface area contributed by atoms with Gasteiger partial charge in [0.25, 0.3) is 0 Å². The van der Waals surface area contributed by atoms with Crippen LogP contribution in [-0.4, -0.2) is 47.1 Å². The zero-order chi connectivity index (χ0) is 34.4. The Morgan fingerprint density at radius 1 is 0.857 bits per heavy atom. The van der Waals surface area contributed by atoms with Crippen molar-refractivity contribution in [1.29, 1.82) is 0 Å². The zero-order valence-corrected chi connectivity index (χ0v) is 28.5. The van der Waals surface area contributed by atoms with Crippen molar-refractivity contribution in [3.63, 3.8) is 0 Å². The number of hydrogen-bond donors (Lipinski definition) is 4. The summed E-state index contributed by atoms with van der Waals surface area (Å²) < 4.78 is 13.1. The number of benzene rings is 3. The molecule has 1 saturated carbocycles. The predicted octanol–water partition coefficient (Wildman–Crippen LogP) is 7.65. The summed E-state index contributed by atoms with van der Waals surface area (Å²) in [4.78, 5) is 27.4. The second kappa shape index (κ2) is 18.7. The minimum atomic E-state index is -0.549. The number of amides is 2. The predicted molar refractivity (Wildman–Crippen MR) is 195 cm³/mol. The lowest BCUT2D eigenvalue weighted by Gasteiger charge is -2.39. The molecule has 0 aromatic heterocycles. The van der Waals surface area contributed by atoms with Gasteiger partial charge in [-0.05, 0) is 61.1 Å². The summed E-state index contributed by atoms with van der Waals surface area (Å²) in [5.74, 6) is -0.0829. The molecule has 1 aliphatic heterocycles. The lowest BCUT2D eigenvalue weighted by molar-refractivity contribution is -0.253. The van der Waals surface area contributed by atoms with Gasteiger partial charge >= 0.3 is 0 Å². The molecule has 0 spiro atoms. The lowest BCUT2D eigenvalue weighted by Crippen LogP contribution is -2.43. The number of anilines is 3. The zero-order valence-electron chi connectivity index (χ0n) is 28.5. The highest BCUT2D eigenvalue weighted by Crippen LogP contribution is 2.39. The van der Waals surface area contributed by atoms with Crippen molar-refractivity contribution in [2.24, 2.45) is 0 Å². The highest BCUT2D eigenvalue weighted by Gasteiger charge is 2.34. The van der Waals surface area contributed by atoms with Gasteiger partial charge < -0.3 is 30.9 Å². The lowest BCUT2D eigenvalue weighted by atomic mass is 9.99. The summed E-state index contributed by atoms with van der Waals surface area (Å²) in [6.07, 6.45) is 11.1.